The van der Waals surface area contributed by atoms with E-state index < -0.39 is 0 Å². The molecule has 2 saturated heterocycles. The molecule has 0 spiro atoms. The molecule has 1 saturated carbocycles. The maximum Gasteiger partial charge on any atom is 0.0127 e. The standard InChI is InChI=1S/C10H17N/c1-4-9-8-3-2-6-11(7-8)10(9)5-1/h8-10H,1-7H2. The third-order valence-electron chi connectivity index (χ3n) is 4.10. The van der Waals surface area contributed by atoms with Crippen LogP contribution in [0.25, 0.3) is 0 Å². The van der Waals surface area contributed by atoms with E-state index >= 15 is 0 Å². The summed E-state index contributed by atoms with van der Waals surface area (Å²) in [7, 11) is 0. The first kappa shape index (κ1) is 6.47. The Morgan fingerprint density at radius 2 is 2.00 bits per heavy atom. The second-order valence-electron chi connectivity index (χ2n) is 4.56. The highest BCUT2D eigenvalue weighted by Crippen LogP contribution is 2.45. The lowest BCUT2D eigenvalue weighted by Crippen LogP contribution is -2.32. The molecule has 62 valence electrons. The minimum atomic E-state index is 1.03. The van der Waals surface area contributed by atoms with Crippen LogP contribution in [0, 0.1) is 11.8 Å². The van der Waals surface area contributed by atoms with Gasteiger partial charge >= 0.3 is 0 Å². The maximum atomic E-state index is 2.77. The van der Waals surface area contributed by atoms with Crippen molar-refractivity contribution in [2.45, 2.75) is 38.1 Å². The first-order valence-electron chi connectivity index (χ1n) is 5.19. The highest BCUT2D eigenvalue weighted by molar-refractivity contribution is 4.98. The van der Waals surface area contributed by atoms with Crippen LogP contribution in [0.1, 0.15) is 32.1 Å². The molecule has 3 rings (SSSR count). The SMILES string of the molecule is C1CC2C3CCCN(C3)C2C1. The quantitative estimate of drug-likeness (QED) is 0.511. The lowest BCUT2D eigenvalue weighted by molar-refractivity contribution is 0.217. The first-order chi connectivity index (χ1) is 5.45. The second-order valence-corrected chi connectivity index (χ2v) is 4.56. The van der Waals surface area contributed by atoms with Crippen LogP contribution in [0.5, 0.6) is 0 Å². The fourth-order valence-electron chi connectivity index (χ4n) is 3.66. The third kappa shape index (κ3) is 0.807. The van der Waals surface area contributed by atoms with E-state index in [0.29, 0.717) is 0 Å². The predicted molar refractivity (Wildman–Crippen MR) is 45.4 cm³/mol. The minimum absolute atomic E-state index is 1.03. The summed E-state index contributed by atoms with van der Waals surface area (Å²) in [4.78, 5) is 2.77. The number of nitrogens with zero attached hydrogens (tertiary/aromatic N) is 1. The van der Waals surface area contributed by atoms with E-state index in [2.05, 4.69) is 4.90 Å². The van der Waals surface area contributed by atoms with E-state index in [9.17, 15) is 0 Å². The summed E-state index contributed by atoms with van der Waals surface area (Å²) >= 11 is 0. The van der Waals surface area contributed by atoms with Gasteiger partial charge in [-0.05, 0) is 44.1 Å². The third-order valence-corrected chi connectivity index (χ3v) is 4.10. The van der Waals surface area contributed by atoms with E-state index in [-0.39, 0.29) is 0 Å². The number of hydrogen-bond donors (Lipinski definition) is 0. The molecular formula is C10H17N. The van der Waals surface area contributed by atoms with Crippen molar-refractivity contribution in [3.05, 3.63) is 0 Å². The van der Waals surface area contributed by atoms with E-state index in [1.807, 2.05) is 0 Å². The molecule has 3 aliphatic rings. The van der Waals surface area contributed by atoms with Gasteiger partial charge in [0.2, 0.25) is 0 Å². The van der Waals surface area contributed by atoms with Gasteiger partial charge in [-0.2, -0.15) is 0 Å². The van der Waals surface area contributed by atoms with Crippen molar-refractivity contribution < 1.29 is 0 Å². The molecule has 1 heteroatoms. The maximum absolute atomic E-state index is 2.77. The van der Waals surface area contributed by atoms with Crippen LogP contribution in [-0.2, 0) is 0 Å². The van der Waals surface area contributed by atoms with Crippen molar-refractivity contribution >= 4 is 0 Å². The summed E-state index contributed by atoms with van der Waals surface area (Å²) in [5.74, 6) is 2.23. The monoisotopic (exact) mass is 151 g/mol. The van der Waals surface area contributed by atoms with Gasteiger partial charge in [0.1, 0.15) is 0 Å². The Morgan fingerprint density at radius 1 is 1.00 bits per heavy atom. The Morgan fingerprint density at radius 3 is 3.00 bits per heavy atom. The van der Waals surface area contributed by atoms with E-state index in [0.717, 1.165) is 17.9 Å². The average molecular weight is 151 g/mol. The molecule has 2 bridgehead atoms. The fourth-order valence-corrected chi connectivity index (χ4v) is 3.66. The Labute approximate surface area is 68.8 Å². The molecule has 11 heavy (non-hydrogen) atoms. The zero-order chi connectivity index (χ0) is 7.26. The molecule has 1 nitrogen and oxygen atoms in total. The van der Waals surface area contributed by atoms with Gasteiger partial charge in [0, 0.05) is 12.6 Å². The van der Waals surface area contributed by atoms with Crippen LogP contribution < -0.4 is 0 Å². The summed E-state index contributed by atoms with van der Waals surface area (Å²) < 4.78 is 0. The minimum Gasteiger partial charge on any atom is -0.300 e. The molecule has 1 aliphatic carbocycles. The molecular weight excluding hydrogens is 134 g/mol. The topological polar surface area (TPSA) is 3.24 Å². The molecule has 0 amide bonds. The summed E-state index contributed by atoms with van der Waals surface area (Å²) in [5, 5.41) is 0. The number of fused-ring (bicyclic) bond motifs is 5. The predicted octanol–water partition coefficient (Wildman–Crippen LogP) is 1.88. The molecule has 0 aromatic rings. The van der Waals surface area contributed by atoms with Crippen LogP contribution in [0.2, 0.25) is 0 Å². The van der Waals surface area contributed by atoms with Crippen molar-refractivity contribution in [3.63, 3.8) is 0 Å². The van der Waals surface area contributed by atoms with Crippen molar-refractivity contribution in [1.29, 1.82) is 0 Å². The summed E-state index contributed by atoms with van der Waals surface area (Å²) in [6, 6.07) is 1.03. The van der Waals surface area contributed by atoms with Crippen LogP contribution >= 0.6 is 0 Å². The molecule has 0 N–H and O–H groups in total. The van der Waals surface area contributed by atoms with E-state index in [1.165, 1.54) is 38.8 Å². The molecule has 3 fully saturated rings. The molecule has 2 aliphatic heterocycles. The summed E-state index contributed by atoms with van der Waals surface area (Å²) in [5.41, 5.74) is 0. The summed E-state index contributed by atoms with van der Waals surface area (Å²) in [6.45, 7) is 2.87. The largest absolute Gasteiger partial charge is 0.300 e. The van der Waals surface area contributed by atoms with Gasteiger partial charge < -0.3 is 0 Å². The van der Waals surface area contributed by atoms with Crippen molar-refractivity contribution in [2.24, 2.45) is 11.8 Å². The van der Waals surface area contributed by atoms with E-state index in [4.69, 9.17) is 0 Å². The van der Waals surface area contributed by atoms with Crippen molar-refractivity contribution in [3.8, 4) is 0 Å². The number of rotatable bonds is 0. The van der Waals surface area contributed by atoms with Gasteiger partial charge in [0.15, 0.2) is 0 Å². The molecule has 0 aromatic heterocycles. The Kier molecular flexibility index (Phi) is 1.31. The van der Waals surface area contributed by atoms with Crippen molar-refractivity contribution in [1.82, 2.24) is 4.90 Å². The second kappa shape index (κ2) is 2.22. The highest BCUT2D eigenvalue weighted by Gasteiger charge is 2.45. The van der Waals surface area contributed by atoms with Gasteiger partial charge in [0.25, 0.3) is 0 Å². The van der Waals surface area contributed by atoms with Gasteiger partial charge in [-0.1, -0.05) is 6.42 Å². The molecule has 4 unspecified atom stereocenters. The highest BCUT2D eigenvalue weighted by atomic mass is 15.2. The molecule has 4 atom stereocenters. The smallest absolute Gasteiger partial charge is 0.0127 e. The normalized spacial score (nSPS) is 54.5. The summed E-state index contributed by atoms with van der Waals surface area (Å²) in [6.07, 6.45) is 7.60. The lowest BCUT2D eigenvalue weighted by Gasteiger charge is -2.25. The van der Waals surface area contributed by atoms with Crippen LogP contribution in [0.4, 0.5) is 0 Å². The van der Waals surface area contributed by atoms with Crippen LogP contribution in [0.3, 0.4) is 0 Å². The van der Waals surface area contributed by atoms with Crippen LogP contribution in [0.15, 0.2) is 0 Å². The molecule has 0 radical (unpaired) electrons. The zero-order valence-electron chi connectivity index (χ0n) is 7.13. The van der Waals surface area contributed by atoms with Gasteiger partial charge in [-0.15, -0.1) is 0 Å². The zero-order valence-corrected chi connectivity index (χ0v) is 7.13. The lowest BCUT2D eigenvalue weighted by atomic mass is 9.89. The van der Waals surface area contributed by atoms with Crippen molar-refractivity contribution in [2.75, 3.05) is 13.1 Å². The van der Waals surface area contributed by atoms with Gasteiger partial charge in [-0.3, -0.25) is 4.90 Å². The van der Waals surface area contributed by atoms with E-state index in [1.54, 1.807) is 6.42 Å². The Hall–Kier alpha value is -0.0400. The van der Waals surface area contributed by atoms with Gasteiger partial charge in [0.05, 0.1) is 0 Å². The van der Waals surface area contributed by atoms with Crippen LogP contribution in [-0.4, -0.2) is 24.0 Å². The number of piperidine rings is 1. The molecule has 0 aromatic carbocycles. The van der Waals surface area contributed by atoms with Gasteiger partial charge in [-0.25, -0.2) is 0 Å². The fraction of sp³-hybridized carbons (Fsp3) is 1.00. The number of hydrogen-bond acceptors (Lipinski definition) is 1. The molecule has 2 heterocycles. The Balaban J connectivity index is 1.88. The Bertz CT molecular complexity index is 150. The first-order valence-corrected chi connectivity index (χ1v) is 5.19. The average Bonchev–Trinajstić information content (AvgIpc) is 2.58.